The summed E-state index contributed by atoms with van der Waals surface area (Å²) in [6.45, 7) is 0.364. The number of carbonyl (C=O) groups excluding carboxylic acids is 1. The SMILES string of the molecule is O=C1C[C@H](n2nnnc2-c2ccccc2Cl)[C@H]2CO[C@@H]1O2. The molecule has 108 valence electrons. The first-order valence-electron chi connectivity index (χ1n) is 6.56. The minimum atomic E-state index is -0.730. The number of Topliss-reactive ketones (excluding diaryl/α,β-unsaturated/α-hetero) is 1. The molecule has 0 amide bonds. The summed E-state index contributed by atoms with van der Waals surface area (Å²) in [5.74, 6) is 0.432. The maximum atomic E-state index is 11.9. The Balaban J connectivity index is 1.76. The predicted molar refractivity (Wildman–Crippen MR) is 71.5 cm³/mol. The summed E-state index contributed by atoms with van der Waals surface area (Å²) in [7, 11) is 0. The Morgan fingerprint density at radius 1 is 1.33 bits per heavy atom. The number of halogens is 1. The van der Waals surface area contributed by atoms with Crippen LogP contribution in [0.15, 0.2) is 24.3 Å². The Hall–Kier alpha value is -1.83. The van der Waals surface area contributed by atoms with Crippen molar-refractivity contribution in [3.8, 4) is 11.4 Å². The second-order valence-electron chi connectivity index (χ2n) is 5.00. The molecular weight excluding hydrogens is 296 g/mol. The molecule has 8 heteroatoms. The first kappa shape index (κ1) is 12.9. The summed E-state index contributed by atoms with van der Waals surface area (Å²) in [6.07, 6.45) is -0.665. The summed E-state index contributed by atoms with van der Waals surface area (Å²) >= 11 is 6.20. The molecule has 4 rings (SSSR count). The summed E-state index contributed by atoms with van der Waals surface area (Å²) in [5, 5.41) is 12.3. The number of tetrazole rings is 1. The summed E-state index contributed by atoms with van der Waals surface area (Å²) in [6, 6.07) is 7.02. The van der Waals surface area contributed by atoms with Gasteiger partial charge >= 0.3 is 0 Å². The lowest BCUT2D eigenvalue weighted by Crippen LogP contribution is -2.37. The molecule has 0 aliphatic carbocycles. The smallest absolute Gasteiger partial charge is 0.218 e. The van der Waals surface area contributed by atoms with Crippen LogP contribution in [0.25, 0.3) is 11.4 Å². The third-order valence-electron chi connectivity index (χ3n) is 3.73. The Morgan fingerprint density at radius 3 is 3.05 bits per heavy atom. The highest BCUT2D eigenvalue weighted by molar-refractivity contribution is 6.33. The van der Waals surface area contributed by atoms with Gasteiger partial charge in [0.25, 0.3) is 0 Å². The van der Waals surface area contributed by atoms with Gasteiger partial charge in [-0.2, -0.15) is 0 Å². The van der Waals surface area contributed by atoms with Crippen molar-refractivity contribution in [2.45, 2.75) is 24.9 Å². The van der Waals surface area contributed by atoms with E-state index in [1.165, 1.54) is 0 Å². The zero-order chi connectivity index (χ0) is 14.4. The zero-order valence-electron chi connectivity index (χ0n) is 10.8. The minimum absolute atomic E-state index is 0.0886. The largest absolute Gasteiger partial charge is 0.343 e. The van der Waals surface area contributed by atoms with Gasteiger partial charge in [-0.05, 0) is 22.6 Å². The molecule has 3 heterocycles. The van der Waals surface area contributed by atoms with Crippen LogP contribution in [0.4, 0.5) is 0 Å². The van der Waals surface area contributed by atoms with Gasteiger partial charge in [0.15, 0.2) is 11.6 Å². The molecular formula is C13H11ClN4O3. The number of rotatable bonds is 2. The van der Waals surface area contributed by atoms with Gasteiger partial charge in [0.1, 0.15) is 6.10 Å². The molecule has 2 aromatic rings. The zero-order valence-corrected chi connectivity index (χ0v) is 11.6. The molecule has 1 aromatic heterocycles. The average molecular weight is 307 g/mol. The van der Waals surface area contributed by atoms with Crippen molar-refractivity contribution in [1.82, 2.24) is 20.2 Å². The lowest BCUT2D eigenvalue weighted by molar-refractivity contribution is -0.156. The molecule has 2 saturated heterocycles. The number of nitrogens with zero attached hydrogens (tertiary/aromatic N) is 4. The van der Waals surface area contributed by atoms with Crippen molar-refractivity contribution >= 4 is 17.4 Å². The van der Waals surface area contributed by atoms with Crippen molar-refractivity contribution in [2.75, 3.05) is 6.61 Å². The maximum Gasteiger partial charge on any atom is 0.218 e. The van der Waals surface area contributed by atoms with Crippen LogP contribution in [-0.4, -0.2) is 45.0 Å². The summed E-state index contributed by atoms with van der Waals surface area (Å²) in [5.41, 5.74) is 0.720. The van der Waals surface area contributed by atoms with Crippen molar-refractivity contribution in [1.29, 1.82) is 0 Å². The maximum absolute atomic E-state index is 11.9. The molecule has 3 atom stereocenters. The van der Waals surface area contributed by atoms with Crippen LogP contribution < -0.4 is 0 Å². The first-order valence-corrected chi connectivity index (χ1v) is 6.94. The van der Waals surface area contributed by atoms with Crippen LogP contribution in [0.2, 0.25) is 5.02 Å². The fourth-order valence-electron chi connectivity index (χ4n) is 2.70. The van der Waals surface area contributed by atoms with E-state index in [-0.39, 0.29) is 24.3 Å². The number of benzene rings is 1. The first-order chi connectivity index (χ1) is 10.2. The fourth-order valence-corrected chi connectivity index (χ4v) is 2.93. The van der Waals surface area contributed by atoms with Crippen molar-refractivity contribution in [3.05, 3.63) is 29.3 Å². The minimum Gasteiger partial charge on any atom is -0.343 e. The van der Waals surface area contributed by atoms with Gasteiger partial charge < -0.3 is 9.47 Å². The Morgan fingerprint density at radius 2 is 2.19 bits per heavy atom. The second-order valence-corrected chi connectivity index (χ2v) is 5.41. The highest BCUT2D eigenvalue weighted by atomic mass is 35.5. The normalized spacial score (nSPS) is 28.0. The number of hydrogen-bond donors (Lipinski definition) is 0. The molecule has 0 spiro atoms. The molecule has 0 N–H and O–H groups in total. The van der Waals surface area contributed by atoms with Crippen molar-refractivity contribution in [3.63, 3.8) is 0 Å². The van der Waals surface area contributed by atoms with Gasteiger partial charge in [0.05, 0.1) is 17.7 Å². The van der Waals surface area contributed by atoms with Crippen LogP contribution in [0, 0.1) is 0 Å². The van der Waals surface area contributed by atoms with Crippen LogP contribution in [-0.2, 0) is 14.3 Å². The molecule has 0 unspecified atom stereocenters. The fraction of sp³-hybridized carbons (Fsp3) is 0.385. The summed E-state index contributed by atoms with van der Waals surface area (Å²) in [4.78, 5) is 11.9. The Bertz CT molecular complexity index is 704. The van der Waals surface area contributed by atoms with Gasteiger partial charge in [0.2, 0.25) is 6.29 Å². The highest BCUT2D eigenvalue weighted by Crippen LogP contribution is 2.35. The molecule has 2 fully saturated rings. The number of aromatic nitrogens is 4. The van der Waals surface area contributed by atoms with Gasteiger partial charge in [-0.25, -0.2) is 4.68 Å². The summed E-state index contributed by atoms with van der Waals surface area (Å²) < 4.78 is 12.5. The van der Waals surface area contributed by atoms with Crippen molar-refractivity contribution < 1.29 is 14.3 Å². The van der Waals surface area contributed by atoms with E-state index in [0.29, 0.717) is 17.5 Å². The molecule has 7 nitrogen and oxygen atoms in total. The van der Waals surface area contributed by atoms with Crippen LogP contribution in [0.1, 0.15) is 12.5 Å². The molecule has 1 aromatic carbocycles. The predicted octanol–water partition coefficient (Wildman–Crippen LogP) is 1.25. The van der Waals surface area contributed by atoms with Crippen LogP contribution >= 0.6 is 11.6 Å². The van der Waals surface area contributed by atoms with Gasteiger partial charge in [-0.15, -0.1) is 5.10 Å². The second kappa shape index (κ2) is 4.87. The lowest BCUT2D eigenvalue weighted by atomic mass is 10.0. The topological polar surface area (TPSA) is 79.1 Å². The lowest BCUT2D eigenvalue weighted by Gasteiger charge is -2.26. The monoisotopic (exact) mass is 306 g/mol. The van der Waals surface area contributed by atoms with Crippen LogP contribution in [0.3, 0.4) is 0 Å². The van der Waals surface area contributed by atoms with Crippen molar-refractivity contribution in [2.24, 2.45) is 0 Å². The molecule has 2 aliphatic rings. The molecule has 0 saturated carbocycles. The van der Waals surface area contributed by atoms with E-state index in [1.807, 2.05) is 18.2 Å². The number of carbonyl (C=O) groups is 1. The van der Waals surface area contributed by atoms with Crippen LogP contribution in [0.5, 0.6) is 0 Å². The molecule has 2 aliphatic heterocycles. The van der Waals surface area contributed by atoms with Gasteiger partial charge in [0, 0.05) is 12.0 Å². The standard InChI is InChI=1S/C13H11ClN4O3/c14-8-4-2-1-3-7(8)12-15-16-17-18(12)9-5-10(19)13-20-6-11(9)21-13/h1-4,9,11,13H,5-6H2/t9-,11+,13+/m0/s1. The van der Waals surface area contributed by atoms with Gasteiger partial charge in [-0.3, -0.25) is 4.79 Å². The third-order valence-corrected chi connectivity index (χ3v) is 4.06. The van der Waals surface area contributed by atoms with E-state index in [4.69, 9.17) is 21.1 Å². The third kappa shape index (κ3) is 2.05. The number of ketones is 1. The molecule has 21 heavy (non-hydrogen) atoms. The number of hydrogen-bond acceptors (Lipinski definition) is 6. The Labute approximate surface area is 124 Å². The van der Waals surface area contributed by atoms with E-state index in [0.717, 1.165) is 5.56 Å². The Kier molecular flexibility index (Phi) is 2.99. The van der Waals surface area contributed by atoms with E-state index in [2.05, 4.69) is 15.5 Å². The van der Waals surface area contributed by atoms with E-state index in [1.54, 1.807) is 10.7 Å². The van der Waals surface area contributed by atoms with E-state index < -0.39 is 6.29 Å². The van der Waals surface area contributed by atoms with E-state index >= 15 is 0 Å². The van der Waals surface area contributed by atoms with E-state index in [9.17, 15) is 4.79 Å². The molecule has 2 bridgehead atoms. The average Bonchev–Trinajstić information content (AvgIpc) is 3.12. The van der Waals surface area contributed by atoms with Gasteiger partial charge in [-0.1, -0.05) is 23.7 Å². The number of ether oxygens (including phenoxy) is 2. The quantitative estimate of drug-likeness (QED) is 0.831. The number of fused-ring (bicyclic) bond motifs is 2. The molecule has 0 radical (unpaired) electrons. The highest BCUT2D eigenvalue weighted by Gasteiger charge is 2.45.